The lowest BCUT2D eigenvalue weighted by Crippen LogP contribution is -2.02. The minimum atomic E-state index is 1.02. The van der Waals surface area contributed by atoms with Gasteiger partial charge in [-0.25, -0.2) is 0 Å². The molecule has 0 saturated heterocycles. The fraction of sp³-hybridized carbons (Fsp3) is 0.167. The van der Waals surface area contributed by atoms with Crippen molar-refractivity contribution in [1.29, 1.82) is 0 Å². The maximum atomic E-state index is 4.64. The molecule has 96 valence electrons. The molecule has 0 N–H and O–H groups in total. The van der Waals surface area contributed by atoms with Crippen molar-refractivity contribution in [3.63, 3.8) is 0 Å². The van der Waals surface area contributed by atoms with Crippen molar-refractivity contribution in [2.45, 2.75) is 19.8 Å². The van der Waals surface area contributed by atoms with Crippen LogP contribution in [0.4, 0.5) is 0 Å². The topological polar surface area (TPSA) is 12.4 Å². The van der Waals surface area contributed by atoms with Crippen LogP contribution in [0.15, 0.2) is 77.9 Å². The normalized spacial score (nSPS) is 10.6. The molecule has 0 radical (unpaired) electrons. The summed E-state index contributed by atoms with van der Waals surface area (Å²) in [6.07, 6.45) is 6.25. The Hall–Kier alpha value is -2.15. The van der Waals surface area contributed by atoms with Gasteiger partial charge in [0.25, 0.3) is 0 Å². The van der Waals surface area contributed by atoms with Gasteiger partial charge in [0.15, 0.2) is 0 Å². The summed E-state index contributed by atoms with van der Waals surface area (Å²) >= 11 is 0. The first kappa shape index (κ1) is 13.3. The van der Waals surface area contributed by atoms with E-state index in [4.69, 9.17) is 0 Å². The van der Waals surface area contributed by atoms with E-state index in [2.05, 4.69) is 42.3 Å². The molecule has 1 heteroatoms. The van der Waals surface area contributed by atoms with Gasteiger partial charge in [0.05, 0.1) is 5.71 Å². The summed E-state index contributed by atoms with van der Waals surface area (Å²) in [4.78, 5) is 4.64. The summed E-state index contributed by atoms with van der Waals surface area (Å²) < 4.78 is 0. The number of hydrogen-bond acceptors (Lipinski definition) is 1. The summed E-state index contributed by atoms with van der Waals surface area (Å²) in [5.74, 6) is 0. The van der Waals surface area contributed by atoms with E-state index in [9.17, 15) is 0 Å². The zero-order valence-electron chi connectivity index (χ0n) is 11.3. The van der Waals surface area contributed by atoms with E-state index in [0.29, 0.717) is 0 Å². The molecule has 0 spiro atoms. The maximum Gasteiger partial charge on any atom is 0.0774 e. The van der Waals surface area contributed by atoms with Gasteiger partial charge >= 0.3 is 0 Å². The van der Waals surface area contributed by atoms with Crippen LogP contribution in [0.25, 0.3) is 0 Å². The van der Waals surface area contributed by atoms with E-state index in [0.717, 1.165) is 29.7 Å². The lowest BCUT2D eigenvalue weighted by atomic mass is 10.0. The number of nitrogens with zero attached hydrogens (tertiary/aromatic N) is 1. The van der Waals surface area contributed by atoms with E-state index in [1.54, 1.807) is 0 Å². The molecule has 2 rings (SSSR count). The molecule has 0 bridgehead atoms. The van der Waals surface area contributed by atoms with Gasteiger partial charge in [0, 0.05) is 17.3 Å². The third-order valence-corrected chi connectivity index (χ3v) is 2.86. The van der Waals surface area contributed by atoms with Gasteiger partial charge in [0.2, 0.25) is 0 Å². The van der Waals surface area contributed by atoms with Gasteiger partial charge < -0.3 is 0 Å². The third-order valence-electron chi connectivity index (χ3n) is 2.86. The molecule has 0 aromatic heterocycles. The maximum absolute atomic E-state index is 4.64. The zero-order chi connectivity index (χ0) is 13.3. The van der Waals surface area contributed by atoms with Gasteiger partial charge in [-0.05, 0) is 6.42 Å². The Morgan fingerprint density at radius 1 is 0.895 bits per heavy atom. The van der Waals surface area contributed by atoms with Gasteiger partial charge in [0.1, 0.15) is 0 Å². The van der Waals surface area contributed by atoms with Crippen molar-refractivity contribution < 1.29 is 0 Å². The molecule has 0 heterocycles. The molecular formula is C18H19N. The highest BCUT2D eigenvalue weighted by Gasteiger charge is 2.04. The van der Waals surface area contributed by atoms with E-state index < -0.39 is 0 Å². The largest absolute Gasteiger partial charge is 0.256 e. The highest BCUT2D eigenvalue weighted by Crippen LogP contribution is 2.11. The average Bonchev–Trinajstić information content (AvgIpc) is 2.49. The molecule has 0 aliphatic carbocycles. The lowest BCUT2D eigenvalue weighted by molar-refractivity contribution is 0.956. The number of unbranched alkanes of at least 4 members (excludes halogenated alkanes) is 1. The predicted octanol–water partition coefficient (Wildman–Crippen LogP) is 4.84. The summed E-state index contributed by atoms with van der Waals surface area (Å²) in [7, 11) is 0. The van der Waals surface area contributed by atoms with Crippen molar-refractivity contribution in [2.75, 3.05) is 0 Å². The van der Waals surface area contributed by atoms with E-state index in [1.807, 2.05) is 42.6 Å². The van der Waals surface area contributed by atoms with Crippen molar-refractivity contribution in [2.24, 2.45) is 4.99 Å². The van der Waals surface area contributed by atoms with Crippen LogP contribution >= 0.6 is 0 Å². The smallest absolute Gasteiger partial charge is 0.0774 e. The fourth-order valence-corrected chi connectivity index (χ4v) is 1.88. The molecule has 0 aliphatic rings. The minimum absolute atomic E-state index is 1.02. The fourth-order valence-electron chi connectivity index (χ4n) is 1.88. The second-order valence-corrected chi connectivity index (χ2v) is 4.38. The zero-order valence-corrected chi connectivity index (χ0v) is 11.3. The summed E-state index contributed by atoms with van der Waals surface area (Å²) in [6, 6.07) is 20.6. The Kier molecular flexibility index (Phi) is 5.12. The number of rotatable bonds is 5. The van der Waals surface area contributed by atoms with Gasteiger partial charge in [-0.1, -0.05) is 80.1 Å². The Morgan fingerprint density at radius 2 is 1.42 bits per heavy atom. The molecule has 0 saturated carbocycles. The van der Waals surface area contributed by atoms with Gasteiger partial charge in [-0.2, -0.15) is 0 Å². The molecule has 0 unspecified atom stereocenters. The third kappa shape index (κ3) is 3.92. The summed E-state index contributed by atoms with van der Waals surface area (Å²) in [5.41, 5.74) is 3.32. The van der Waals surface area contributed by atoms with E-state index >= 15 is 0 Å². The number of hydrogen-bond donors (Lipinski definition) is 0. The monoisotopic (exact) mass is 249 g/mol. The van der Waals surface area contributed by atoms with Gasteiger partial charge in [-0.15, -0.1) is 0 Å². The van der Waals surface area contributed by atoms with Crippen LogP contribution in [0.5, 0.6) is 0 Å². The Labute approximate surface area is 115 Å². The second-order valence-electron chi connectivity index (χ2n) is 4.38. The van der Waals surface area contributed by atoms with Crippen LogP contribution in [0.1, 0.15) is 30.9 Å². The molecule has 0 amide bonds. The number of aliphatic imine (C=N–C) groups is 1. The summed E-state index contributed by atoms with van der Waals surface area (Å²) in [6.45, 7) is 2.17. The van der Waals surface area contributed by atoms with E-state index in [-0.39, 0.29) is 0 Å². The van der Waals surface area contributed by atoms with Crippen molar-refractivity contribution in [3.8, 4) is 0 Å². The molecule has 0 fully saturated rings. The van der Waals surface area contributed by atoms with Crippen LogP contribution in [-0.2, 0) is 0 Å². The van der Waals surface area contributed by atoms with Crippen molar-refractivity contribution in [1.82, 2.24) is 0 Å². The van der Waals surface area contributed by atoms with Gasteiger partial charge in [-0.3, -0.25) is 4.99 Å². The first-order valence-electron chi connectivity index (χ1n) is 6.75. The molecule has 1 nitrogen and oxygen atoms in total. The Balaban J connectivity index is 2.34. The first-order chi connectivity index (χ1) is 9.42. The van der Waals surface area contributed by atoms with Crippen LogP contribution in [0.3, 0.4) is 0 Å². The molecule has 0 atom stereocenters. The highest BCUT2D eigenvalue weighted by atomic mass is 14.7. The molecule has 0 aliphatic heterocycles. The molecule has 2 aromatic rings. The van der Waals surface area contributed by atoms with Crippen LogP contribution < -0.4 is 0 Å². The molecule has 2 aromatic carbocycles. The molecular weight excluding hydrogens is 230 g/mol. The van der Waals surface area contributed by atoms with Crippen LogP contribution in [0, 0.1) is 0 Å². The second kappa shape index (κ2) is 7.32. The highest BCUT2D eigenvalue weighted by molar-refractivity contribution is 6.13. The van der Waals surface area contributed by atoms with E-state index in [1.165, 1.54) is 0 Å². The Bertz CT molecular complexity index is 497. The average molecular weight is 249 g/mol. The van der Waals surface area contributed by atoms with Crippen LogP contribution in [0.2, 0.25) is 0 Å². The van der Waals surface area contributed by atoms with Crippen molar-refractivity contribution in [3.05, 3.63) is 84.1 Å². The quantitative estimate of drug-likeness (QED) is 0.672. The number of allylic oxidation sites excluding steroid dienone is 1. The number of benzene rings is 2. The predicted molar refractivity (Wildman–Crippen MR) is 82.6 cm³/mol. The minimum Gasteiger partial charge on any atom is -0.256 e. The lowest BCUT2D eigenvalue weighted by Gasteiger charge is -2.05. The van der Waals surface area contributed by atoms with Crippen LogP contribution in [-0.4, -0.2) is 5.71 Å². The molecule has 19 heavy (non-hydrogen) atoms. The Morgan fingerprint density at radius 3 is 1.89 bits per heavy atom. The summed E-state index contributed by atoms with van der Waals surface area (Å²) in [5, 5.41) is 0. The SMILES string of the molecule is CCCC=CN=C(c1ccccc1)c1ccccc1. The first-order valence-corrected chi connectivity index (χ1v) is 6.75. The van der Waals surface area contributed by atoms with Crippen molar-refractivity contribution >= 4 is 5.71 Å². The standard InChI is InChI=1S/C18H19N/c1-2-3-10-15-19-18(16-11-6-4-7-12-16)17-13-8-5-9-14-17/h4-15H,2-3H2,1H3.